The SMILES string of the molecule is O=C1CN(C(=O)Cc2ccc(F)cc2)c2cccc(F)c2N1. The molecule has 1 aliphatic heterocycles. The number of anilines is 2. The molecule has 22 heavy (non-hydrogen) atoms. The van der Waals surface area contributed by atoms with Gasteiger partial charge in [-0.2, -0.15) is 0 Å². The molecule has 0 saturated carbocycles. The molecule has 0 radical (unpaired) electrons. The van der Waals surface area contributed by atoms with Crippen molar-refractivity contribution in [1.29, 1.82) is 0 Å². The third-order valence-corrected chi connectivity index (χ3v) is 3.42. The van der Waals surface area contributed by atoms with E-state index in [4.69, 9.17) is 0 Å². The van der Waals surface area contributed by atoms with Gasteiger partial charge in [0.25, 0.3) is 0 Å². The van der Waals surface area contributed by atoms with Crippen LogP contribution in [0.3, 0.4) is 0 Å². The van der Waals surface area contributed by atoms with Gasteiger partial charge in [0.15, 0.2) is 0 Å². The van der Waals surface area contributed by atoms with Crippen molar-refractivity contribution in [3.63, 3.8) is 0 Å². The van der Waals surface area contributed by atoms with Gasteiger partial charge in [0, 0.05) is 0 Å². The zero-order valence-corrected chi connectivity index (χ0v) is 11.5. The smallest absolute Gasteiger partial charge is 0.244 e. The highest BCUT2D eigenvalue weighted by Gasteiger charge is 2.28. The predicted octanol–water partition coefficient (Wildman–Crippen LogP) is 2.49. The Hall–Kier alpha value is -2.76. The van der Waals surface area contributed by atoms with Gasteiger partial charge in [-0.15, -0.1) is 0 Å². The minimum absolute atomic E-state index is 0.00349. The number of amides is 2. The van der Waals surface area contributed by atoms with Crippen LogP contribution in [0.5, 0.6) is 0 Å². The minimum atomic E-state index is -0.592. The lowest BCUT2D eigenvalue weighted by molar-refractivity contribution is -0.121. The zero-order chi connectivity index (χ0) is 15.7. The quantitative estimate of drug-likeness (QED) is 0.926. The Morgan fingerprint density at radius 1 is 1.14 bits per heavy atom. The van der Waals surface area contributed by atoms with Crippen LogP contribution >= 0.6 is 0 Å². The fourth-order valence-electron chi connectivity index (χ4n) is 2.36. The average molecular weight is 302 g/mol. The summed E-state index contributed by atoms with van der Waals surface area (Å²) >= 11 is 0. The summed E-state index contributed by atoms with van der Waals surface area (Å²) in [5, 5.41) is 2.43. The largest absolute Gasteiger partial charge is 0.320 e. The number of para-hydroxylation sites is 1. The van der Waals surface area contributed by atoms with Crippen molar-refractivity contribution in [2.75, 3.05) is 16.8 Å². The van der Waals surface area contributed by atoms with Gasteiger partial charge in [-0.25, -0.2) is 8.78 Å². The summed E-state index contributed by atoms with van der Waals surface area (Å²) in [5.41, 5.74) is 0.952. The number of nitrogens with zero attached hydrogens (tertiary/aromatic N) is 1. The van der Waals surface area contributed by atoms with Crippen LogP contribution in [-0.2, 0) is 16.0 Å². The lowest BCUT2D eigenvalue weighted by atomic mass is 10.1. The van der Waals surface area contributed by atoms with Gasteiger partial charge in [-0.3, -0.25) is 9.59 Å². The summed E-state index contributed by atoms with van der Waals surface area (Å²) in [4.78, 5) is 25.3. The van der Waals surface area contributed by atoms with Crippen LogP contribution in [0.4, 0.5) is 20.2 Å². The van der Waals surface area contributed by atoms with E-state index in [1.54, 1.807) is 6.07 Å². The Morgan fingerprint density at radius 2 is 1.86 bits per heavy atom. The monoisotopic (exact) mass is 302 g/mol. The van der Waals surface area contributed by atoms with Crippen molar-refractivity contribution in [3.05, 3.63) is 59.7 Å². The first kappa shape index (κ1) is 14.2. The molecule has 1 N–H and O–H groups in total. The predicted molar refractivity (Wildman–Crippen MR) is 77.5 cm³/mol. The number of benzene rings is 2. The molecule has 2 aromatic carbocycles. The highest BCUT2D eigenvalue weighted by Crippen LogP contribution is 2.32. The number of hydrogen-bond acceptors (Lipinski definition) is 2. The highest BCUT2D eigenvalue weighted by molar-refractivity contribution is 6.10. The Balaban J connectivity index is 1.88. The maximum absolute atomic E-state index is 13.8. The second kappa shape index (κ2) is 5.55. The molecule has 2 aromatic rings. The number of hydrogen-bond donors (Lipinski definition) is 1. The number of fused-ring (bicyclic) bond motifs is 1. The third kappa shape index (κ3) is 2.67. The molecule has 3 rings (SSSR count). The van der Waals surface area contributed by atoms with E-state index in [0.717, 1.165) is 0 Å². The molecule has 0 unspecified atom stereocenters. The number of nitrogens with one attached hydrogen (secondary N) is 1. The lowest BCUT2D eigenvalue weighted by Gasteiger charge is -2.29. The second-order valence-electron chi connectivity index (χ2n) is 4.97. The summed E-state index contributed by atoms with van der Waals surface area (Å²) in [6.45, 7) is -0.170. The molecule has 0 saturated heterocycles. The first-order valence-electron chi connectivity index (χ1n) is 6.68. The van der Waals surface area contributed by atoms with Crippen LogP contribution < -0.4 is 10.2 Å². The van der Waals surface area contributed by atoms with Crippen LogP contribution in [0.25, 0.3) is 0 Å². The number of carbonyl (C=O) groups is 2. The molecular formula is C16H12F2N2O2. The molecule has 0 atom stereocenters. The fourth-order valence-corrected chi connectivity index (χ4v) is 2.36. The van der Waals surface area contributed by atoms with E-state index in [0.29, 0.717) is 11.3 Å². The van der Waals surface area contributed by atoms with Gasteiger partial charge < -0.3 is 10.2 Å². The van der Waals surface area contributed by atoms with Crippen LogP contribution in [0, 0.1) is 11.6 Å². The molecule has 112 valence electrons. The van der Waals surface area contributed by atoms with Gasteiger partial charge in [-0.05, 0) is 29.8 Å². The molecule has 1 aliphatic rings. The van der Waals surface area contributed by atoms with Gasteiger partial charge in [0.1, 0.15) is 23.9 Å². The van der Waals surface area contributed by atoms with Gasteiger partial charge in [-0.1, -0.05) is 18.2 Å². The van der Waals surface area contributed by atoms with E-state index < -0.39 is 11.7 Å². The van der Waals surface area contributed by atoms with Crippen molar-refractivity contribution in [1.82, 2.24) is 0 Å². The van der Waals surface area contributed by atoms with Crippen molar-refractivity contribution in [2.24, 2.45) is 0 Å². The summed E-state index contributed by atoms with van der Waals surface area (Å²) in [5.74, 6) is -1.79. The van der Waals surface area contributed by atoms with Gasteiger partial charge >= 0.3 is 0 Å². The maximum Gasteiger partial charge on any atom is 0.244 e. The van der Waals surface area contributed by atoms with E-state index in [-0.39, 0.29) is 30.4 Å². The molecule has 0 spiro atoms. The molecule has 4 nitrogen and oxygen atoms in total. The summed E-state index contributed by atoms with van der Waals surface area (Å²) in [6.07, 6.45) is 0.00349. The summed E-state index contributed by atoms with van der Waals surface area (Å²) in [7, 11) is 0. The summed E-state index contributed by atoms with van der Waals surface area (Å²) < 4.78 is 26.6. The van der Waals surface area contributed by atoms with Crippen molar-refractivity contribution in [2.45, 2.75) is 6.42 Å². The first-order chi connectivity index (χ1) is 10.5. The molecule has 0 aromatic heterocycles. The molecule has 0 aliphatic carbocycles. The number of halogens is 2. The number of rotatable bonds is 2. The van der Waals surface area contributed by atoms with Crippen LogP contribution in [0.15, 0.2) is 42.5 Å². The topological polar surface area (TPSA) is 49.4 Å². The maximum atomic E-state index is 13.8. The first-order valence-corrected chi connectivity index (χ1v) is 6.68. The summed E-state index contributed by atoms with van der Waals surface area (Å²) in [6, 6.07) is 9.79. The minimum Gasteiger partial charge on any atom is -0.320 e. The molecule has 0 fully saturated rings. The second-order valence-corrected chi connectivity index (χ2v) is 4.97. The molecule has 2 amide bonds. The number of carbonyl (C=O) groups excluding carboxylic acids is 2. The Bertz CT molecular complexity index is 744. The molecule has 1 heterocycles. The third-order valence-electron chi connectivity index (χ3n) is 3.42. The van der Waals surface area contributed by atoms with Crippen molar-refractivity contribution < 1.29 is 18.4 Å². The van der Waals surface area contributed by atoms with Crippen LogP contribution in [0.1, 0.15) is 5.56 Å². The van der Waals surface area contributed by atoms with Crippen LogP contribution in [0.2, 0.25) is 0 Å². The van der Waals surface area contributed by atoms with Gasteiger partial charge in [0.05, 0.1) is 12.1 Å². The zero-order valence-electron chi connectivity index (χ0n) is 11.5. The molecule has 6 heteroatoms. The Morgan fingerprint density at radius 3 is 2.59 bits per heavy atom. The molecular weight excluding hydrogens is 290 g/mol. The lowest BCUT2D eigenvalue weighted by Crippen LogP contribution is -2.43. The normalized spacial score (nSPS) is 13.5. The van der Waals surface area contributed by atoms with E-state index >= 15 is 0 Å². The standard InChI is InChI=1S/C16H12F2N2O2/c17-11-6-4-10(5-7-11)8-15(22)20-9-14(21)19-16-12(18)2-1-3-13(16)20/h1-7H,8-9H2,(H,19,21). The fraction of sp³-hybridized carbons (Fsp3) is 0.125. The van der Waals surface area contributed by atoms with E-state index in [9.17, 15) is 18.4 Å². The van der Waals surface area contributed by atoms with Crippen molar-refractivity contribution >= 4 is 23.2 Å². The average Bonchev–Trinajstić information content (AvgIpc) is 2.50. The van der Waals surface area contributed by atoms with Gasteiger partial charge in [0.2, 0.25) is 11.8 Å². The highest BCUT2D eigenvalue weighted by atomic mass is 19.1. The molecule has 0 bridgehead atoms. The van der Waals surface area contributed by atoms with E-state index in [1.165, 1.54) is 41.3 Å². The van der Waals surface area contributed by atoms with E-state index in [2.05, 4.69) is 5.32 Å². The van der Waals surface area contributed by atoms with E-state index in [1.807, 2.05) is 0 Å². The van der Waals surface area contributed by atoms with Crippen LogP contribution in [-0.4, -0.2) is 18.4 Å². The Kier molecular flexibility index (Phi) is 3.58. The Labute approximate surface area is 125 Å². The van der Waals surface area contributed by atoms with Crippen molar-refractivity contribution in [3.8, 4) is 0 Å².